The molecule has 0 amide bonds. The van der Waals surface area contributed by atoms with Gasteiger partial charge >= 0.3 is 0 Å². The van der Waals surface area contributed by atoms with Gasteiger partial charge in [-0.3, -0.25) is 4.79 Å². The van der Waals surface area contributed by atoms with Gasteiger partial charge in [-0.25, -0.2) is 0 Å². The fraction of sp³-hybridized carbons (Fsp3) is 0.932. The third-order valence-electron chi connectivity index (χ3n) is 18.0. The highest BCUT2D eigenvalue weighted by Crippen LogP contribution is 2.70. The smallest absolute Gasteiger partial charge is 0.159 e. The SMILES string of the molecule is CCCC1CCC2OC3C(CCCCC3(O)C(C)(O)C3CCC4(O)C5=CC(=O)C6CC(O)C(O)CC6(CCC6CCC(N)NC6)C5CCC34C)C2CC1. The number of hydrogen-bond donors (Lipinski definition) is 7. The highest BCUT2D eigenvalue weighted by atomic mass is 16.5. The molecule has 2 heterocycles. The van der Waals surface area contributed by atoms with Crippen molar-refractivity contribution in [3.63, 3.8) is 0 Å². The Morgan fingerprint density at radius 2 is 1.68 bits per heavy atom. The quantitative estimate of drug-likeness (QED) is 0.184. The third kappa shape index (κ3) is 6.01. The van der Waals surface area contributed by atoms with Crippen LogP contribution in [0.2, 0.25) is 0 Å². The number of carbonyl (C=O) groups excluding carboxylic acids is 1. The molecule has 0 aromatic rings. The molecule has 7 fully saturated rings. The number of ketones is 1. The molecule has 8 aliphatic rings. The van der Waals surface area contributed by atoms with Crippen LogP contribution >= 0.6 is 0 Å². The highest BCUT2D eigenvalue weighted by molar-refractivity contribution is 5.95. The van der Waals surface area contributed by atoms with E-state index in [9.17, 15) is 30.3 Å². The Labute approximate surface area is 318 Å². The minimum Gasteiger partial charge on any atom is -0.390 e. The summed E-state index contributed by atoms with van der Waals surface area (Å²) in [5.74, 6) is 0.900. The van der Waals surface area contributed by atoms with Crippen molar-refractivity contribution in [2.24, 2.45) is 58.0 Å². The van der Waals surface area contributed by atoms with Crippen molar-refractivity contribution < 1.29 is 35.1 Å². The monoisotopic (exact) mass is 741 g/mol. The van der Waals surface area contributed by atoms with Crippen molar-refractivity contribution in [3.8, 4) is 0 Å². The molecule has 300 valence electrons. The van der Waals surface area contributed by atoms with E-state index >= 15 is 0 Å². The Kier molecular flexibility index (Phi) is 10.4. The standard InChI is InChI=1S/C44H72N2O7/c1-4-7-26-9-12-28-29-8-5-6-18-44(52,39(29)53-36(28)13-10-26)41(3,50)37-17-21-43(51)31-22-33(47)32-23-34(48)35(49)24-42(32,30(31)16-19-40(37,43)2)20-15-27-11-14-38(45)46-25-27/h22,26-30,32,34-39,46,48-52H,4-21,23-25,45H2,1-3H3. The van der Waals surface area contributed by atoms with Gasteiger partial charge in [0.05, 0.1) is 41.8 Å². The molecule has 0 aromatic carbocycles. The number of rotatable bonds is 7. The Morgan fingerprint density at radius 3 is 2.43 bits per heavy atom. The molecule has 53 heavy (non-hydrogen) atoms. The molecule has 6 aliphatic carbocycles. The second-order valence-corrected chi connectivity index (χ2v) is 20.4. The van der Waals surface area contributed by atoms with Crippen LogP contribution in [-0.2, 0) is 9.53 Å². The Hall–Kier alpha value is -0.910. The summed E-state index contributed by atoms with van der Waals surface area (Å²) in [7, 11) is 0. The summed E-state index contributed by atoms with van der Waals surface area (Å²) in [5, 5.41) is 64.9. The van der Waals surface area contributed by atoms with Gasteiger partial charge in [0.2, 0.25) is 0 Å². The second kappa shape index (κ2) is 14.2. The van der Waals surface area contributed by atoms with E-state index in [4.69, 9.17) is 10.5 Å². The average molecular weight is 741 g/mol. The van der Waals surface area contributed by atoms with E-state index in [1.54, 1.807) is 6.08 Å². The molecule has 9 nitrogen and oxygen atoms in total. The van der Waals surface area contributed by atoms with E-state index in [0.717, 1.165) is 82.2 Å². The number of piperidine rings is 1. The van der Waals surface area contributed by atoms with E-state index in [2.05, 4.69) is 19.2 Å². The number of aliphatic hydroxyl groups excluding tert-OH is 2. The van der Waals surface area contributed by atoms with Crippen LogP contribution in [0.3, 0.4) is 0 Å². The largest absolute Gasteiger partial charge is 0.390 e. The van der Waals surface area contributed by atoms with Gasteiger partial charge in [0.15, 0.2) is 5.78 Å². The molecule has 5 saturated carbocycles. The van der Waals surface area contributed by atoms with Crippen LogP contribution in [0.15, 0.2) is 11.6 Å². The van der Waals surface area contributed by atoms with E-state index in [0.29, 0.717) is 43.9 Å². The molecule has 0 bridgehead atoms. The molecule has 0 aromatic heterocycles. The molecule has 2 aliphatic heterocycles. The summed E-state index contributed by atoms with van der Waals surface area (Å²) in [4.78, 5) is 14.3. The average Bonchev–Trinajstić information content (AvgIpc) is 3.46. The molecular weight excluding hydrogens is 668 g/mol. The molecule has 0 spiro atoms. The summed E-state index contributed by atoms with van der Waals surface area (Å²) >= 11 is 0. The highest BCUT2D eigenvalue weighted by Gasteiger charge is 2.73. The minimum atomic E-state index is -1.51. The Balaban J connectivity index is 1.09. The van der Waals surface area contributed by atoms with Gasteiger partial charge in [-0.1, -0.05) is 46.0 Å². The number of ether oxygens (including phenoxy) is 1. The molecule has 0 radical (unpaired) electrons. The normalized spacial score (nSPS) is 52.5. The lowest BCUT2D eigenvalue weighted by Crippen LogP contribution is -2.68. The molecule has 8 N–H and O–H groups in total. The summed E-state index contributed by atoms with van der Waals surface area (Å²) in [6, 6.07) is 0. The predicted molar refractivity (Wildman–Crippen MR) is 203 cm³/mol. The van der Waals surface area contributed by atoms with Crippen LogP contribution in [0, 0.1) is 52.3 Å². The zero-order chi connectivity index (χ0) is 37.6. The zero-order valence-electron chi connectivity index (χ0n) is 33.0. The summed E-state index contributed by atoms with van der Waals surface area (Å²) in [5.41, 5.74) is 1.33. The summed E-state index contributed by atoms with van der Waals surface area (Å²) < 4.78 is 7.00. The van der Waals surface area contributed by atoms with Gasteiger partial charge in [0.1, 0.15) is 5.60 Å². The van der Waals surface area contributed by atoms with Crippen molar-refractivity contribution in [1.29, 1.82) is 0 Å². The Morgan fingerprint density at radius 1 is 0.906 bits per heavy atom. The number of nitrogens with one attached hydrogen (secondary N) is 1. The molecule has 2 saturated heterocycles. The number of fused-ring (bicyclic) bond motifs is 8. The van der Waals surface area contributed by atoms with Crippen LogP contribution in [0.1, 0.15) is 149 Å². The maximum atomic E-state index is 14.3. The lowest BCUT2D eigenvalue weighted by Gasteiger charge is -2.62. The molecule has 17 atom stereocenters. The van der Waals surface area contributed by atoms with Gasteiger partial charge in [-0.15, -0.1) is 0 Å². The van der Waals surface area contributed by atoms with Gasteiger partial charge in [0.25, 0.3) is 0 Å². The fourth-order valence-electron chi connectivity index (χ4n) is 15.0. The van der Waals surface area contributed by atoms with Crippen molar-refractivity contribution >= 4 is 5.78 Å². The number of allylic oxidation sites excluding steroid dienone is 1. The van der Waals surface area contributed by atoms with E-state index < -0.39 is 57.8 Å². The lowest BCUT2D eigenvalue weighted by atomic mass is 9.43. The summed E-state index contributed by atoms with van der Waals surface area (Å²) in [6.07, 6.45) is 16.6. The maximum Gasteiger partial charge on any atom is 0.159 e. The second-order valence-electron chi connectivity index (χ2n) is 20.4. The Bertz CT molecular complexity index is 1400. The first-order valence-corrected chi connectivity index (χ1v) is 22.1. The topological polar surface area (TPSA) is 166 Å². The molecule has 9 heteroatoms. The van der Waals surface area contributed by atoms with E-state index in [-0.39, 0.29) is 36.3 Å². The maximum absolute atomic E-state index is 14.3. The zero-order valence-corrected chi connectivity index (χ0v) is 33.0. The van der Waals surface area contributed by atoms with Gasteiger partial charge in [-0.2, -0.15) is 0 Å². The molecule has 8 rings (SSSR count). The minimum absolute atomic E-state index is 0.0153. The first kappa shape index (κ1) is 38.9. The van der Waals surface area contributed by atoms with Crippen LogP contribution < -0.4 is 11.1 Å². The number of aliphatic hydroxyl groups is 5. The van der Waals surface area contributed by atoms with Crippen LogP contribution in [0.5, 0.6) is 0 Å². The van der Waals surface area contributed by atoms with Gasteiger partial charge < -0.3 is 41.3 Å². The fourth-order valence-corrected chi connectivity index (χ4v) is 15.0. The van der Waals surface area contributed by atoms with E-state index in [1.807, 2.05) is 6.92 Å². The molecular formula is C44H72N2O7. The van der Waals surface area contributed by atoms with Crippen molar-refractivity contribution in [3.05, 3.63) is 11.6 Å². The number of nitrogens with two attached hydrogens (primary N) is 1. The lowest BCUT2D eigenvalue weighted by molar-refractivity contribution is -0.252. The third-order valence-corrected chi connectivity index (χ3v) is 18.0. The van der Waals surface area contributed by atoms with Gasteiger partial charge in [0, 0.05) is 11.3 Å². The van der Waals surface area contributed by atoms with Crippen LogP contribution in [0.4, 0.5) is 0 Å². The van der Waals surface area contributed by atoms with E-state index in [1.165, 1.54) is 25.7 Å². The first-order valence-electron chi connectivity index (χ1n) is 22.1. The molecule has 17 unspecified atom stereocenters. The number of hydrogen-bond acceptors (Lipinski definition) is 9. The van der Waals surface area contributed by atoms with Crippen molar-refractivity contribution in [2.45, 2.75) is 197 Å². The van der Waals surface area contributed by atoms with Crippen LogP contribution in [-0.4, -0.2) is 85.2 Å². The van der Waals surface area contributed by atoms with Crippen LogP contribution in [0.25, 0.3) is 0 Å². The van der Waals surface area contributed by atoms with Crippen molar-refractivity contribution in [1.82, 2.24) is 5.32 Å². The van der Waals surface area contributed by atoms with Gasteiger partial charge in [-0.05, 0) is 162 Å². The summed E-state index contributed by atoms with van der Waals surface area (Å²) in [6.45, 7) is 7.07. The predicted octanol–water partition coefficient (Wildman–Crippen LogP) is 5.28. The first-order chi connectivity index (χ1) is 25.2. The number of carbonyl (C=O) groups is 1. The van der Waals surface area contributed by atoms with Crippen molar-refractivity contribution in [2.75, 3.05) is 6.54 Å².